The molecule has 0 radical (unpaired) electrons. The lowest BCUT2D eigenvalue weighted by molar-refractivity contribution is -0.138. The van der Waals surface area contributed by atoms with Crippen molar-refractivity contribution in [1.82, 2.24) is 9.80 Å². The first kappa shape index (κ1) is 16.8. The van der Waals surface area contributed by atoms with Gasteiger partial charge in [0, 0.05) is 31.6 Å². The maximum Gasteiger partial charge on any atom is 0.222 e. The normalized spacial score (nSPS) is 27.5. The van der Waals surface area contributed by atoms with Gasteiger partial charge in [-0.1, -0.05) is 20.3 Å². The molecule has 4 nitrogen and oxygen atoms in total. The van der Waals surface area contributed by atoms with Gasteiger partial charge in [-0.25, -0.2) is 0 Å². The average molecular weight is 295 g/mol. The topological polar surface area (TPSA) is 49.6 Å². The zero-order valence-corrected chi connectivity index (χ0v) is 14.1. The van der Waals surface area contributed by atoms with Crippen LogP contribution in [0.1, 0.15) is 59.3 Å². The van der Waals surface area contributed by atoms with Crippen molar-refractivity contribution >= 4 is 5.91 Å². The van der Waals surface area contributed by atoms with Gasteiger partial charge in [-0.2, -0.15) is 0 Å². The van der Waals surface area contributed by atoms with Crippen LogP contribution in [0.5, 0.6) is 0 Å². The summed E-state index contributed by atoms with van der Waals surface area (Å²) < 4.78 is 0. The summed E-state index contributed by atoms with van der Waals surface area (Å²) in [5.41, 5.74) is 5.84. The fourth-order valence-corrected chi connectivity index (χ4v) is 3.80. The van der Waals surface area contributed by atoms with Crippen molar-refractivity contribution in [3.05, 3.63) is 0 Å². The van der Waals surface area contributed by atoms with Crippen LogP contribution < -0.4 is 5.73 Å². The number of hydrogen-bond acceptors (Lipinski definition) is 3. The highest BCUT2D eigenvalue weighted by Crippen LogP contribution is 2.28. The molecule has 0 aliphatic carbocycles. The van der Waals surface area contributed by atoms with Gasteiger partial charge < -0.3 is 10.6 Å². The minimum atomic E-state index is 0.181. The first-order chi connectivity index (χ1) is 9.93. The monoisotopic (exact) mass is 295 g/mol. The quantitative estimate of drug-likeness (QED) is 0.846. The number of piperidine rings is 1. The van der Waals surface area contributed by atoms with E-state index in [1.54, 1.807) is 0 Å². The number of amides is 1. The fraction of sp³-hybridized carbons (Fsp3) is 0.941. The minimum absolute atomic E-state index is 0.181. The molecule has 2 aliphatic heterocycles. The van der Waals surface area contributed by atoms with E-state index in [4.69, 9.17) is 5.73 Å². The number of nitrogens with two attached hydrogens (primary N) is 1. The van der Waals surface area contributed by atoms with E-state index in [9.17, 15) is 4.79 Å². The van der Waals surface area contributed by atoms with E-state index in [2.05, 4.69) is 30.6 Å². The Balaban J connectivity index is 1.86. The number of hydrogen-bond donors (Lipinski definition) is 1. The molecule has 2 aliphatic rings. The number of fused-ring (bicyclic) bond motifs is 1. The van der Waals surface area contributed by atoms with Crippen LogP contribution in [0.2, 0.25) is 0 Å². The van der Waals surface area contributed by atoms with Gasteiger partial charge in [-0.15, -0.1) is 0 Å². The van der Waals surface area contributed by atoms with Crippen molar-refractivity contribution in [2.45, 2.75) is 71.4 Å². The standard InChI is InChI=1S/C17H33N3O/c1-14-12-19-11-5-4-6-15(19)13-20(14)16(21)7-8-17(2,3)9-10-18/h14-15H,4-13,18H2,1-3H3. The van der Waals surface area contributed by atoms with Crippen molar-refractivity contribution in [2.24, 2.45) is 11.1 Å². The predicted molar refractivity (Wildman–Crippen MR) is 87.1 cm³/mol. The maximum absolute atomic E-state index is 12.6. The molecule has 122 valence electrons. The van der Waals surface area contributed by atoms with Gasteiger partial charge in [0.25, 0.3) is 0 Å². The Bertz CT molecular complexity index is 356. The molecule has 2 unspecified atom stereocenters. The average Bonchev–Trinajstić information content (AvgIpc) is 2.44. The lowest BCUT2D eigenvalue weighted by Gasteiger charge is -2.47. The van der Waals surface area contributed by atoms with Crippen molar-refractivity contribution in [1.29, 1.82) is 0 Å². The molecule has 2 atom stereocenters. The molecule has 2 fully saturated rings. The van der Waals surface area contributed by atoms with Crippen LogP contribution >= 0.6 is 0 Å². The first-order valence-electron chi connectivity index (χ1n) is 8.66. The molecule has 0 aromatic carbocycles. The van der Waals surface area contributed by atoms with Crippen LogP contribution in [-0.4, -0.2) is 54.0 Å². The zero-order valence-electron chi connectivity index (χ0n) is 14.1. The Labute approximate surface area is 130 Å². The van der Waals surface area contributed by atoms with Crippen molar-refractivity contribution in [3.63, 3.8) is 0 Å². The third-order valence-corrected chi connectivity index (χ3v) is 5.34. The number of rotatable bonds is 5. The predicted octanol–water partition coefficient (Wildman–Crippen LogP) is 2.23. The van der Waals surface area contributed by atoms with Gasteiger partial charge in [0.1, 0.15) is 0 Å². The summed E-state index contributed by atoms with van der Waals surface area (Å²) >= 11 is 0. The van der Waals surface area contributed by atoms with Gasteiger partial charge in [-0.05, 0) is 51.1 Å². The lowest BCUT2D eigenvalue weighted by atomic mass is 9.84. The Hall–Kier alpha value is -0.610. The summed E-state index contributed by atoms with van der Waals surface area (Å²) in [6.45, 7) is 10.6. The highest BCUT2D eigenvalue weighted by atomic mass is 16.2. The van der Waals surface area contributed by atoms with Gasteiger partial charge in [0.05, 0.1) is 0 Å². The van der Waals surface area contributed by atoms with Gasteiger partial charge in [0.2, 0.25) is 5.91 Å². The van der Waals surface area contributed by atoms with Crippen LogP contribution in [0, 0.1) is 5.41 Å². The molecular weight excluding hydrogens is 262 g/mol. The number of nitrogens with zero attached hydrogens (tertiary/aromatic N) is 2. The molecule has 0 aromatic rings. The Morgan fingerprint density at radius 3 is 2.71 bits per heavy atom. The zero-order chi connectivity index (χ0) is 15.5. The van der Waals surface area contributed by atoms with Crippen LogP contribution in [0.3, 0.4) is 0 Å². The third-order valence-electron chi connectivity index (χ3n) is 5.34. The summed E-state index contributed by atoms with van der Waals surface area (Å²) in [7, 11) is 0. The summed E-state index contributed by atoms with van der Waals surface area (Å²) in [5, 5.41) is 0. The van der Waals surface area contributed by atoms with Gasteiger partial charge in [0.15, 0.2) is 0 Å². The highest BCUT2D eigenvalue weighted by Gasteiger charge is 2.35. The van der Waals surface area contributed by atoms with E-state index >= 15 is 0 Å². The summed E-state index contributed by atoms with van der Waals surface area (Å²) in [6.07, 6.45) is 6.51. The lowest BCUT2D eigenvalue weighted by Crippen LogP contribution is -2.60. The molecular formula is C17H33N3O. The fourth-order valence-electron chi connectivity index (χ4n) is 3.80. The Morgan fingerprint density at radius 2 is 2.00 bits per heavy atom. The van der Waals surface area contributed by atoms with Crippen molar-refractivity contribution in [3.8, 4) is 0 Å². The van der Waals surface area contributed by atoms with Gasteiger partial charge >= 0.3 is 0 Å². The second-order valence-corrected chi connectivity index (χ2v) is 7.74. The van der Waals surface area contributed by atoms with E-state index in [1.165, 1.54) is 25.8 Å². The molecule has 0 spiro atoms. The Morgan fingerprint density at radius 1 is 1.24 bits per heavy atom. The molecule has 2 rings (SSSR count). The van der Waals surface area contributed by atoms with E-state index in [0.29, 0.717) is 31.0 Å². The molecule has 21 heavy (non-hydrogen) atoms. The molecule has 0 aromatic heterocycles. The number of carbonyl (C=O) groups excluding carboxylic acids is 1. The molecule has 2 saturated heterocycles. The summed E-state index contributed by atoms with van der Waals surface area (Å²) in [6, 6.07) is 0.973. The molecule has 0 bridgehead atoms. The van der Waals surface area contributed by atoms with Crippen LogP contribution in [-0.2, 0) is 4.79 Å². The number of carbonyl (C=O) groups is 1. The second kappa shape index (κ2) is 7.10. The summed E-state index contributed by atoms with van der Waals surface area (Å²) in [4.78, 5) is 17.3. The van der Waals surface area contributed by atoms with E-state index in [-0.39, 0.29) is 5.41 Å². The highest BCUT2D eigenvalue weighted by molar-refractivity contribution is 5.76. The van der Waals surface area contributed by atoms with Crippen LogP contribution in [0.15, 0.2) is 0 Å². The van der Waals surface area contributed by atoms with Gasteiger partial charge in [-0.3, -0.25) is 9.69 Å². The number of piperazine rings is 1. The minimum Gasteiger partial charge on any atom is -0.337 e. The smallest absolute Gasteiger partial charge is 0.222 e. The Kier molecular flexibility index (Phi) is 5.67. The molecule has 0 saturated carbocycles. The van der Waals surface area contributed by atoms with E-state index < -0.39 is 0 Å². The van der Waals surface area contributed by atoms with Crippen molar-refractivity contribution in [2.75, 3.05) is 26.2 Å². The van der Waals surface area contributed by atoms with E-state index in [1.807, 2.05) is 0 Å². The van der Waals surface area contributed by atoms with Crippen molar-refractivity contribution < 1.29 is 4.79 Å². The third kappa shape index (κ3) is 4.43. The largest absolute Gasteiger partial charge is 0.337 e. The second-order valence-electron chi connectivity index (χ2n) is 7.74. The van der Waals surface area contributed by atoms with E-state index in [0.717, 1.165) is 25.9 Å². The van der Waals surface area contributed by atoms with Crippen LogP contribution in [0.4, 0.5) is 0 Å². The van der Waals surface area contributed by atoms with Crippen LogP contribution in [0.25, 0.3) is 0 Å². The molecule has 2 heterocycles. The molecule has 4 heteroatoms. The first-order valence-corrected chi connectivity index (χ1v) is 8.66. The summed E-state index contributed by atoms with van der Waals surface area (Å²) in [5.74, 6) is 0.345. The molecule has 1 amide bonds. The maximum atomic E-state index is 12.6. The molecule has 2 N–H and O–H groups in total. The SMILES string of the molecule is CC1CN2CCCCC2CN1C(=O)CCC(C)(C)CCN.